The highest BCUT2D eigenvalue weighted by Crippen LogP contribution is 2.33. The van der Waals surface area contributed by atoms with E-state index in [1.807, 2.05) is 23.6 Å². The predicted molar refractivity (Wildman–Crippen MR) is 142 cm³/mol. The van der Waals surface area contributed by atoms with Crippen molar-refractivity contribution in [2.24, 2.45) is 0 Å². The molecule has 0 bridgehead atoms. The summed E-state index contributed by atoms with van der Waals surface area (Å²) >= 11 is 1.42. The van der Waals surface area contributed by atoms with E-state index < -0.39 is 5.82 Å². The fourth-order valence-electron chi connectivity index (χ4n) is 3.98. The number of halogens is 1. The van der Waals surface area contributed by atoms with Crippen LogP contribution >= 0.6 is 11.3 Å². The van der Waals surface area contributed by atoms with Gasteiger partial charge >= 0.3 is 0 Å². The summed E-state index contributed by atoms with van der Waals surface area (Å²) in [5.74, 6) is 0.705. The first-order valence-corrected chi connectivity index (χ1v) is 12.1. The molecule has 0 atom stereocenters. The quantitative estimate of drug-likeness (QED) is 0.271. The van der Waals surface area contributed by atoms with Gasteiger partial charge in [-0.3, -0.25) is 4.79 Å². The van der Waals surface area contributed by atoms with Crippen LogP contribution in [0.5, 0.6) is 17.4 Å². The smallest absolute Gasteiger partial charge is 0.240 e. The number of H-pyrrole nitrogens is 1. The molecule has 0 amide bonds. The van der Waals surface area contributed by atoms with Crippen LogP contribution in [-0.2, 0) is 0 Å². The van der Waals surface area contributed by atoms with Gasteiger partial charge in [-0.05, 0) is 47.3 Å². The molecule has 0 spiro atoms. The lowest BCUT2D eigenvalue weighted by Gasteiger charge is -2.12. The third-order valence-electron chi connectivity index (χ3n) is 5.81. The van der Waals surface area contributed by atoms with Crippen molar-refractivity contribution in [3.05, 3.63) is 94.7 Å². The van der Waals surface area contributed by atoms with Crippen molar-refractivity contribution in [3.8, 4) is 28.5 Å². The van der Waals surface area contributed by atoms with Crippen molar-refractivity contribution >= 4 is 44.0 Å². The van der Waals surface area contributed by atoms with Gasteiger partial charge < -0.3 is 19.8 Å². The Hall–Kier alpha value is -4.83. The van der Waals surface area contributed by atoms with Gasteiger partial charge in [0, 0.05) is 29.7 Å². The van der Waals surface area contributed by atoms with Gasteiger partial charge in [0.2, 0.25) is 11.3 Å². The molecule has 4 aromatic heterocycles. The van der Waals surface area contributed by atoms with Crippen LogP contribution in [0, 0.1) is 5.82 Å². The van der Waals surface area contributed by atoms with Crippen LogP contribution in [0.2, 0.25) is 0 Å². The number of fused-ring (bicyclic) bond motifs is 2. The summed E-state index contributed by atoms with van der Waals surface area (Å²) in [5, 5.41) is 5.30. The summed E-state index contributed by atoms with van der Waals surface area (Å²) in [6.07, 6.45) is 4.62. The largest absolute Gasteiger partial charge is 0.497 e. The highest BCUT2D eigenvalue weighted by Gasteiger charge is 2.15. The van der Waals surface area contributed by atoms with Crippen molar-refractivity contribution in [3.63, 3.8) is 0 Å². The third-order valence-corrected chi connectivity index (χ3v) is 6.70. The zero-order valence-corrected chi connectivity index (χ0v) is 20.2. The number of aromatic amines is 1. The van der Waals surface area contributed by atoms with Crippen LogP contribution in [0.25, 0.3) is 32.2 Å². The normalized spacial score (nSPS) is 11.1. The molecule has 2 aromatic carbocycles. The van der Waals surface area contributed by atoms with Gasteiger partial charge in [-0.15, -0.1) is 11.3 Å². The van der Waals surface area contributed by atoms with Crippen molar-refractivity contribution in [2.75, 3.05) is 12.4 Å². The molecule has 0 aliphatic carbocycles. The zero-order valence-electron chi connectivity index (χ0n) is 19.4. The van der Waals surface area contributed by atoms with E-state index in [0.717, 1.165) is 15.8 Å². The van der Waals surface area contributed by atoms with Gasteiger partial charge in [-0.25, -0.2) is 19.3 Å². The number of benzene rings is 2. The average molecular weight is 512 g/mol. The summed E-state index contributed by atoms with van der Waals surface area (Å²) < 4.78 is 26.7. The Bertz CT molecular complexity index is 1820. The number of nitrogens with one attached hydrogen (secondary N) is 2. The number of hydrogen-bond donors (Lipinski definition) is 2. The van der Waals surface area contributed by atoms with E-state index in [1.165, 1.54) is 29.8 Å². The van der Waals surface area contributed by atoms with E-state index >= 15 is 4.39 Å². The summed E-state index contributed by atoms with van der Waals surface area (Å²) in [6.45, 7) is 0. The molecular weight excluding hydrogens is 493 g/mol. The Labute approximate surface area is 213 Å². The lowest BCUT2D eigenvalue weighted by molar-refractivity contribution is 0.415. The lowest BCUT2D eigenvalue weighted by atomic mass is 10.0. The monoisotopic (exact) mass is 511 g/mol. The molecule has 182 valence electrons. The SMILES string of the molecule is COc1ccc(-c2c[nH]c3ccnc(Nc4ccc(Oc5ncnc6ccsc56)c(F)c4)c3c2=O)cc1. The fourth-order valence-corrected chi connectivity index (χ4v) is 4.75. The van der Waals surface area contributed by atoms with Gasteiger partial charge in [0.25, 0.3) is 0 Å². The first-order valence-electron chi connectivity index (χ1n) is 11.2. The number of anilines is 2. The number of methoxy groups -OCH3 is 1. The van der Waals surface area contributed by atoms with Crippen LogP contribution in [0.4, 0.5) is 15.9 Å². The van der Waals surface area contributed by atoms with Crippen molar-refractivity contribution < 1.29 is 13.9 Å². The molecule has 0 radical (unpaired) electrons. The minimum Gasteiger partial charge on any atom is -0.497 e. The predicted octanol–water partition coefficient (Wildman–Crippen LogP) is 6.28. The topological polar surface area (TPSA) is 102 Å². The van der Waals surface area contributed by atoms with Crippen molar-refractivity contribution in [1.29, 1.82) is 0 Å². The second-order valence-electron chi connectivity index (χ2n) is 8.03. The molecule has 6 rings (SSSR count). The van der Waals surface area contributed by atoms with Gasteiger partial charge in [-0.2, -0.15) is 0 Å². The van der Waals surface area contributed by atoms with E-state index in [2.05, 4.69) is 25.3 Å². The Morgan fingerprint density at radius 2 is 1.89 bits per heavy atom. The molecule has 0 aliphatic rings. The summed E-state index contributed by atoms with van der Waals surface area (Å²) in [4.78, 5) is 29.3. The molecule has 10 heteroatoms. The van der Waals surface area contributed by atoms with Gasteiger partial charge in [0.05, 0.1) is 23.5 Å². The molecule has 2 N–H and O–H groups in total. The van der Waals surface area contributed by atoms with Crippen molar-refractivity contribution in [1.82, 2.24) is 19.9 Å². The Balaban J connectivity index is 1.33. The molecule has 0 saturated carbocycles. The van der Waals surface area contributed by atoms with E-state index in [0.29, 0.717) is 33.7 Å². The molecule has 37 heavy (non-hydrogen) atoms. The number of thiophene rings is 1. The average Bonchev–Trinajstić information content (AvgIpc) is 3.41. The van der Waals surface area contributed by atoms with Crippen LogP contribution < -0.4 is 20.2 Å². The highest BCUT2D eigenvalue weighted by molar-refractivity contribution is 7.17. The second kappa shape index (κ2) is 9.32. The molecule has 0 unspecified atom stereocenters. The second-order valence-corrected chi connectivity index (χ2v) is 8.94. The van der Waals surface area contributed by atoms with E-state index in [1.54, 1.807) is 43.8 Å². The summed E-state index contributed by atoms with van der Waals surface area (Å²) in [5.41, 5.74) is 2.74. The van der Waals surface area contributed by atoms with Crippen LogP contribution in [-0.4, -0.2) is 27.0 Å². The Morgan fingerprint density at radius 1 is 1.03 bits per heavy atom. The standard InChI is InChI=1S/C27H18FN5O3S/c1-35-17-5-2-15(3-6-17)18-13-30-20-8-10-29-26(23(20)24(18)34)33-16-4-7-22(19(28)12-16)36-27-25-21(9-11-37-25)31-14-32-27/h2-14H,1H3,(H,29,33)(H,30,34). The Kier molecular flexibility index (Phi) is 5.70. The maximum Gasteiger partial charge on any atom is 0.240 e. The number of ether oxygens (including phenoxy) is 2. The molecule has 0 aliphatic heterocycles. The maximum atomic E-state index is 15.0. The van der Waals surface area contributed by atoms with E-state index in [9.17, 15) is 4.79 Å². The maximum absolute atomic E-state index is 15.0. The van der Waals surface area contributed by atoms with Gasteiger partial charge in [0.1, 0.15) is 22.6 Å². The van der Waals surface area contributed by atoms with E-state index in [-0.39, 0.29) is 17.1 Å². The minimum atomic E-state index is -0.596. The van der Waals surface area contributed by atoms with Crippen LogP contribution in [0.3, 0.4) is 0 Å². The number of hydrogen-bond acceptors (Lipinski definition) is 8. The number of pyridine rings is 2. The van der Waals surface area contributed by atoms with Crippen LogP contribution in [0.15, 0.2) is 83.5 Å². The highest BCUT2D eigenvalue weighted by atomic mass is 32.1. The molecule has 6 aromatic rings. The zero-order chi connectivity index (χ0) is 25.4. The number of rotatable bonds is 6. The molecule has 8 nitrogen and oxygen atoms in total. The molecular formula is C27H18FN5O3S. The molecule has 0 fully saturated rings. The summed E-state index contributed by atoms with van der Waals surface area (Å²) in [7, 11) is 1.58. The van der Waals surface area contributed by atoms with Crippen LogP contribution in [0.1, 0.15) is 0 Å². The fraction of sp³-hybridized carbons (Fsp3) is 0.0370. The van der Waals surface area contributed by atoms with Gasteiger partial charge in [0.15, 0.2) is 11.6 Å². The number of aromatic nitrogens is 4. The minimum absolute atomic E-state index is 0.0180. The lowest BCUT2D eigenvalue weighted by Crippen LogP contribution is -2.10. The molecule has 4 heterocycles. The van der Waals surface area contributed by atoms with E-state index in [4.69, 9.17) is 9.47 Å². The van der Waals surface area contributed by atoms with Gasteiger partial charge in [-0.1, -0.05) is 12.1 Å². The van der Waals surface area contributed by atoms with Crippen molar-refractivity contribution in [2.45, 2.75) is 0 Å². The third kappa shape index (κ3) is 4.23. The first kappa shape index (κ1) is 22.6. The summed E-state index contributed by atoms with van der Waals surface area (Å²) in [6, 6.07) is 15.2. The first-order chi connectivity index (χ1) is 18.1. The number of nitrogens with zero attached hydrogens (tertiary/aromatic N) is 3. The Morgan fingerprint density at radius 3 is 2.70 bits per heavy atom. The molecule has 0 saturated heterocycles.